The predicted molar refractivity (Wildman–Crippen MR) is 130 cm³/mol. The number of rotatable bonds is 8. The van der Waals surface area contributed by atoms with Crippen LogP contribution in [0.25, 0.3) is 12.2 Å². The molecule has 0 atom stereocenters. The minimum atomic E-state index is -1.06. The first-order chi connectivity index (χ1) is 17.2. The van der Waals surface area contributed by atoms with Gasteiger partial charge < -0.3 is 24.9 Å². The smallest absolute Gasteiger partial charge is 0.395 e. The van der Waals surface area contributed by atoms with Gasteiger partial charge in [-0.25, -0.2) is 0 Å². The summed E-state index contributed by atoms with van der Waals surface area (Å²) in [6.45, 7) is -0.111. The SMILES string of the molecule is COc1cc(/C=C/c2nc(O)c([N+](=O)[O-])c(=O)[nH]2)ccc1OCC(=O)NC12CC3CC(CC(C3)C1)C2. The number of aromatic amines is 1. The third-order valence-corrected chi connectivity index (χ3v) is 7.50. The lowest BCUT2D eigenvalue weighted by Gasteiger charge is -2.56. The number of nitrogens with zero attached hydrogens (tertiary/aromatic N) is 2. The molecule has 4 aliphatic carbocycles. The molecule has 0 spiro atoms. The fraction of sp³-hybridized carbons (Fsp3) is 0.480. The second kappa shape index (κ2) is 9.29. The maximum Gasteiger partial charge on any atom is 0.395 e. The van der Waals surface area contributed by atoms with Gasteiger partial charge in [0.25, 0.3) is 11.8 Å². The van der Waals surface area contributed by atoms with Gasteiger partial charge in [-0.05, 0) is 80.1 Å². The summed E-state index contributed by atoms with van der Waals surface area (Å²) in [5, 5.41) is 23.7. The predicted octanol–water partition coefficient (Wildman–Crippen LogP) is 3.03. The van der Waals surface area contributed by atoms with E-state index in [9.17, 15) is 24.8 Å². The Kier molecular flexibility index (Phi) is 6.15. The van der Waals surface area contributed by atoms with Gasteiger partial charge in [-0.15, -0.1) is 0 Å². The lowest BCUT2D eigenvalue weighted by atomic mass is 9.53. The summed E-state index contributed by atoms with van der Waals surface area (Å²) in [4.78, 5) is 40.2. The number of hydrogen-bond donors (Lipinski definition) is 3. The van der Waals surface area contributed by atoms with Crippen molar-refractivity contribution < 1.29 is 24.3 Å². The molecule has 190 valence electrons. The highest BCUT2D eigenvalue weighted by Crippen LogP contribution is 2.55. The Balaban J connectivity index is 1.22. The van der Waals surface area contributed by atoms with Gasteiger partial charge in [-0.1, -0.05) is 12.1 Å². The molecule has 11 heteroatoms. The highest BCUT2D eigenvalue weighted by molar-refractivity contribution is 5.78. The fourth-order valence-corrected chi connectivity index (χ4v) is 6.54. The van der Waals surface area contributed by atoms with Gasteiger partial charge in [-0.3, -0.25) is 19.7 Å². The Labute approximate surface area is 206 Å². The quantitative estimate of drug-likeness (QED) is 0.372. The number of nitro groups is 1. The van der Waals surface area contributed by atoms with Gasteiger partial charge >= 0.3 is 11.2 Å². The van der Waals surface area contributed by atoms with E-state index in [-0.39, 0.29) is 23.9 Å². The molecule has 4 fully saturated rings. The molecule has 0 aliphatic heterocycles. The van der Waals surface area contributed by atoms with E-state index in [2.05, 4.69) is 15.3 Å². The molecule has 4 bridgehead atoms. The van der Waals surface area contributed by atoms with Crippen LogP contribution >= 0.6 is 0 Å². The summed E-state index contributed by atoms with van der Waals surface area (Å²) < 4.78 is 11.2. The van der Waals surface area contributed by atoms with Gasteiger partial charge in [0.05, 0.1) is 12.0 Å². The average molecular weight is 497 g/mol. The molecule has 4 saturated carbocycles. The second-order valence-electron chi connectivity index (χ2n) is 10.2. The summed E-state index contributed by atoms with van der Waals surface area (Å²) in [6, 6.07) is 5.06. The molecular weight excluding hydrogens is 468 g/mol. The highest BCUT2D eigenvalue weighted by atomic mass is 16.6. The first-order valence-electron chi connectivity index (χ1n) is 12.0. The Morgan fingerprint density at radius 3 is 2.47 bits per heavy atom. The largest absolute Gasteiger partial charge is 0.493 e. The van der Waals surface area contributed by atoms with Crippen molar-refractivity contribution in [3.8, 4) is 17.4 Å². The summed E-state index contributed by atoms with van der Waals surface area (Å²) in [5.74, 6) is 1.89. The molecule has 0 radical (unpaired) electrons. The zero-order valence-corrected chi connectivity index (χ0v) is 19.9. The lowest BCUT2D eigenvalue weighted by molar-refractivity contribution is -0.387. The van der Waals surface area contributed by atoms with Gasteiger partial charge in [-0.2, -0.15) is 4.98 Å². The molecule has 1 aromatic carbocycles. The van der Waals surface area contributed by atoms with Crippen molar-refractivity contribution in [3.63, 3.8) is 0 Å². The topological polar surface area (TPSA) is 157 Å². The van der Waals surface area contributed by atoms with Crippen LogP contribution in [-0.4, -0.2) is 45.2 Å². The molecule has 2 aromatic rings. The Hall–Kier alpha value is -3.89. The number of benzene rings is 1. The summed E-state index contributed by atoms with van der Waals surface area (Å²) in [6.07, 6.45) is 10.1. The summed E-state index contributed by atoms with van der Waals surface area (Å²) in [7, 11) is 1.48. The maximum atomic E-state index is 12.8. The second-order valence-corrected chi connectivity index (χ2v) is 10.2. The number of carbonyl (C=O) groups is 1. The molecule has 0 saturated heterocycles. The molecule has 36 heavy (non-hydrogen) atoms. The van der Waals surface area contributed by atoms with E-state index >= 15 is 0 Å². The molecule has 11 nitrogen and oxygen atoms in total. The number of H-pyrrole nitrogens is 1. The number of aromatic hydroxyl groups is 1. The van der Waals surface area contributed by atoms with Crippen molar-refractivity contribution in [1.29, 1.82) is 0 Å². The van der Waals surface area contributed by atoms with Crippen LogP contribution in [-0.2, 0) is 4.79 Å². The van der Waals surface area contributed by atoms with Crippen molar-refractivity contribution in [2.24, 2.45) is 17.8 Å². The van der Waals surface area contributed by atoms with Crippen molar-refractivity contribution in [2.75, 3.05) is 13.7 Å². The van der Waals surface area contributed by atoms with Crippen molar-refractivity contribution in [1.82, 2.24) is 15.3 Å². The standard InChI is InChI=1S/C25H28N4O7/c1-35-19-9-14(3-5-20-26-23(31)22(29(33)34)24(32)27-20)2-4-18(19)36-13-21(30)28-25-10-15-6-16(11-25)8-17(7-15)12-25/h2-5,9,15-17H,6-8,10-13H2,1H3,(H,28,30)(H2,26,27,31,32)/b5-3+. The van der Waals surface area contributed by atoms with E-state index < -0.39 is 22.0 Å². The minimum absolute atomic E-state index is 0.0521. The zero-order valence-electron chi connectivity index (χ0n) is 19.9. The average Bonchev–Trinajstić information content (AvgIpc) is 2.79. The molecule has 1 heterocycles. The third-order valence-electron chi connectivity index (χ3n) is 7.50. The van der Waals surface area contributed by atoms with Crippen LogP contribution in [0.5, 0.6) is 17.4 Å². The number of ether oxygens (including phenoxy) is 2. The molecule has 4 aliphatic rings. The number of amides is 1. The normalized spacial score (nSPS) is 26.2. The summed E-state index contributed by atoms with van der Waals surface area (Å²) >= 11 is 0. The molecule has 6 rings (SSSR count). The number of nitrogens with one attached hydrogen (secondary N) is 2. The van der Waals surface area contributed by atoms with Crippen LogP contribution in [0.15, 0.2) is 23.0 Å². The number of carbonyl (C=O) groups excluding carboxylic acids is 1. The van der Waals surface area contributed by atoms with E-state index in [1.807, 2.05) is 0 Å². The Morgan fingerprint density at radius 1 is 1.22 bits per heavy atom. The molecule has 1 aromatic heterocycles. The van der Waals surface area contributed by atoms with E-state index in [4.69, 9.17) is 9.47 Å². The Morgan fingerprint density at radius 2 is 1.89 bits per heavy atom. The van der Waals surface area contributed by atoms with E-state index in [1.165, 1.54) is 32.4 Å². The van der Waals surface area contributed by atoms with Gasteiger partial charge in [0.2, 0.25) is 0 Å². The van der Waals surface area contributed by atoms with Crippen LogP contribution in [0.4, 0.5) is 5.69 Å². The van der Waals surface area contributed by atoms with Crippen LogP contribution in [0, 0.1) is 27.9 Å². The molecular formula is C25H28N4O7. The first-order valence-corrected chi connectivity index (χ1v) is 12.0. The van der Waals surface area contributed by atoms with Gasteiger partial charge in [0.1, 0.15) is 5.82 Å². The molecule has 1 amide bonds. The van der Waals surface area contributed by atoms with Crippen molar-refractivity contribution >= 4 is 23.7 Å². The van der Waals surface area contributed by atoms with E-state index in [1.54, 1.807) is 24.3 Å². The van der Waals surface area contributed by atoms with Crippen molar-refractivity contribution in [3.05, 3.63) is 50.1 Å². The van der Waals surface area contributed by atoms with Crippen LogP contribution < -0.4 is 20.3 Å². The van der Waals surface area contributed by atoms with E-state index in [0.29, 0.717) is 17.1 Å². The number of methoxy groups -OCH3 is 1. The van der Waals surface area contributed by atoms with Gasteiger partial charge in [0, 0.05) is 5.54 Å². The maximum absolute atomic E-state index is 12.8. The molecule has 3 N–H and O–H groups in total. The molecule has 0 unspecified atom stereocenters. The van der Waals surface area contributed by atoms with E-state index in [0.717, 1.165) is 37.0 Å². The number of hydrogen-bond acceptors (Lipinski definition) is 8. The third kappa shape index (κ3) is 4.77. The van der Waals surface area contributed by atoms with Crippen LogP contribution in [0.1, 0.15) is 49.9 Å². The first kappa shape index (κ1) is 23.8. The minimum Gasteiger partial charge on any atom is -0.493 e. The Bertz CT molecular complexity index is 1250. The van der Waals surface area contributed by atoms with Gasteiger partial charge in [0.15, 0.2) is 18.1 Å². The van der Waals surface area contributed by atoms with Crippen LogP contribution in [0.3, 0.4) is 0 Å². The van der Waals surface area contributed by atoms with Crippen molar-refractivity contribution in [2.45, 2.75) is 44.1 Å². The number of aromatic nitrogens is 2. The highest BCUT2D eigenvalue weighted by Gasteiger charge is 2.51. The lowest BCUT2D eigenvalue weighted by Crippen LogP contribution is -2.60. The monoisotopic (exact) mass is 496 g/mol. The fourth-order valence-electron chi connectivity index (χ4n) is 6.54. The zero-order chi connectivity index (χ0) is 25.4. The summed E-state index contributed by atoms with van der Waals surface area (Å²) in [5.41, 5.74) is -1.49. The van der Waals surface area contributed by atoms with Crippen LogP contribution in [0.2, 0.25) is 0 Å².